The van der Waals surface area contributed by atoms with Crippen molar-refractivity contribution in [1.82, 2.24) is 5.32 Å². The molecule has 5 heteroatoms. The van der Waals surface area contributed by atoms with E-state index in [0.29, 0.717) is 12.5 Å². The normalized spacial score (nSPS) is 12.4. The molecule has 0 amide bonds. The number of hydrogen-bond acceptors (Lipinski definition) is 3. The molecule has 1 unspecified atom stereocenters. The minimum atomic E-state index is -1.09. The van der Waals surface area contributed by atoms with Gasteiger partial charge in [0.05, 0.1) is 0 Å². The van der Waals surface area contributed by atoms with Gasteiger partial charge in [0.15, 0.2) is 17.7 Å². The van der Waals surface area contributed by atoms with Crippen LogP contribution >= 0.6 is 0 Å². The Kier molecular flexibility index (Phi) is 6.45. The van der Waals surface area contributed by atoms with Crippen molar-refractivity contribution in [3.05, 3.63) is 29.6 Å². The predicted molar refractivity (Wildman–Crippen MR) is 75.3 cm³/mol. The lowest BCUT2D eigenvalue weighted by Gasteiger charge is -2.14. The molecule has 20 heavy (non-hydrogen) atoms. The van der Waals surface area contributed by atoms with E-state index in [2.05, 4.69) is 19.2 Å². The molecule has 0 aliphatic rings. The Morgan fingerprint density at radius 1 is 1.45 bits per heavy atom. The predicted octanol–water partition coefficient (Wildman–Crippen LogP) is 2.81. The number of benzene rings is 1. The highest BCUT2D eigenvalue weighted by molar-refractivity contribution is 5.72. The summed E-state index contributed by atoms with van der Waals surface area (Å²) in [5.74, 6) is -1.11. The van der Waals surface area contributed by atoms with E-state index in [4.69, 9.17) is 9.84 Å². The lowest BCUT2D eigenvalue weighted by Crippen LogP contribution is -2.26. The summed E-state index contributed by atoms with van der Waals surface area (Å²) >= 11 is 0. The molecule has 0 radical (unpaired) electrons. The second-order valence-corrected chi connectivity index (χ2v) is 5.14. The molecule has 0 saturated carbocycles. The molecule has 4 nitrogen and oxygen atoms in total. The summed E-state index contributed by atoms with van der Waals surface area (Å²) in [5.41, 5.74) is 0.805. The van der Waals surface area contributed by atoms with Crippen LogP contribution in [-0.4, -0.2) is 23.7 Å². The highest BCUT2D eigenvalue weighted by atomic mass is 19.1. The number of carboxylic acids is 1. The van der Waals surface area contributed by atoms with Crippen molar-refractivity contribution in [3.8, 4) is 5.75 Å². The molecule has 0 aliphatic carbocycles. The molecule has 0 fully saturated rings. The highest BCUT2D eigenvalue weighted by Crippen LogP contribution is 2.20. The Morgan fingerprint density at radius 3 is 2.65 bits per heavy atom. The van der Waals surface area contributed by atoms with Crippen LogP contribution in [0, 0.1) is 11.7 Å². The maximum atomic E-state index is 13.9. The second-order valence-electron chi connectivity index (χ2n) is 5.14. The van der Waals surface area contributed by atoms with Gasteiger partial charge in [-0.05, 0) is 36.6 Å². The summed E-state index contributed by atoms with van der Waals surface area (Å²) < 4.78 is 19.0. The minimum absolute atomic E-state index is 0.0214. The summed E-state index contributed by atoms with van der Waals surface area (Å²) in [5, 5.41) is 12.1. The third-order valence-corrected chi connectivity index (χ3v) is 2.79. The Hall–Kier alpha value is -1.62. The summed E-state index contributed by atoms with van der Waals surface area (Å²) in [6.45, 7) is 7.31. The largest absolute Gasteiger partial charge is 0.479 e. The van der Waals surface area contributed by atoms with Gasteiger partial charge >= 0.3 is 5.97 Å². The molecule has 0 saturated heterocycles. The average molecular weight is 283 g/mol. The van der Waals surface area contributed by atoms with Crippen LogP contribution < -0.4 is 10.1 Å². The number of hydrogen-bond donors (Lipinski definition) is 2. The quantitative estimate of drug-likeness (QED) is 0.770. The zero-order valence-corrected chi connectivity index (χ0v) is 12.1. The highest BCUT2D eigenvalue weighted by Gasteiger charge is 2.18. The van der Waals surface area contributed by atoms with Crippen molar-refractivity contribution in [2.75, 3.05) is 6.54 Å². The van der Waals surface area contributed by atoms with Crippen molar-refractivity contribution in [2.24, 2.45) is 5.92 Å². The number of carbonyl (C=O) groups is 1. The molecule has 1 rings (SSSR count). The fourth-order valence-corrected chi connectivity index (χ4v) is 1.72. The monoisotopic (exact) mass is 283 g/mol. The van der Waals surface area contributed by atoms with E-state index in [1.54, 1.807) is 13.0 Å². The van der Waals surface area contributed by atoms with Crippen molar-refractivity contribution < 1.29 is 19.0 Å². The number of halogens is 1. The fraction of sp³-hybridized carbons (Fsp3) is 0.533. The molecule has 1 aromatic rings. The summed E-state index contributed by atoms with van der Waals surface area (Å²) in [6.07, 6.45) is -0.735. The standard InChI is InChI=1S/C15H22FNO3/c1-4-13(15(18)19)20-14-6-5-11(7-12(14)16)9-17-8-10(2)3/h5-7,10,13,17H,4,8-9H2,1-3H3,(H,18,19). The van der Waals surface area contributed by atoms with Gasteiger partial charge in [-0.3, -0.25) is 0 Å². The van der Waals surface area contributed by atoms with Crippen LogP contribution in [0.5, 0.6) is 5.75 Å². The van der Waals surface area contributed by atoms with Crippen LogP contribution in [0.1, 0.15) is 32.8 Å². The number of carboxylic acid groups (broad SMARTS) is 1. The minimum Gasteiger partial charge on any atom is -0.479 e. The first kappa shape index (κ1) is 16.4. The lowest BCUT2D eigenvalue weighted by molar-refractivity contribution is -0.145. The second kappa shape index (κ2) is 7.85. The van der Waals surface area contributed by atoms with Gasteiger partial charge in [0.25, 0.3) is 0 Å². The Labute approximate surface area is 119 Å². The Balaban J connectivity index is 2.65. The van der Waals surface area contributed by atoms with E-state index in [0.717, 1.165) is 12.1 Å². The third kappa shape index (κ3) is 5.17. The van der Waals surface area contributed by atoms with Crippen molar-refractivity contribution in [3.63, 3.8) is 0 Å². The van der Waals surface area contributed by atoms with E-state index in [1.165, 1.54) is 12.1 Å². The van der Waals surface area contributed by atoms with E-state index in [-0.39, 0.29) is 12.2 Å². The first-order valence-corrected chi connectivity index (χ1v) is 6.82. The van der Waals surface area contributed by atoms with Crippen molar-refractivity contribution in [2.45, 2.75) is 39.8 Å². The van der Waals surface area contributed by atoms with Gasteiger partial charge in [0.1, 0.15) is 0 Å². The van der Waals surface area contributed by atoms with Crippen LogP contribution in [0.15, 0.2) is 18.2 Å². The number of aliphatic carboxylic acids is 1. The van der Waals surface area contributed by atoms with Crippen molar-refractivity contribution in [1.29, 1.82) is 0 Å². The smallest absolute Gasteiger partial charge is 0.344 e. The summed E-state index contributed by atoms with van der Waals surface area (Å²) in [6, 6.07) is 4.59. The molecule has 0 spiro atoms. The Bertz CT molecular complexity index is 449. The first-order valence-electron chi connectivity index (χ1n) is 6.82. The SMILES string of the molecule is CCC(Oc1ccc(CNCC(C)C)cc1F)C(=O)O. The fourth-order valence-electron chi connectivity index (χ4n) is 1.72. The molecule has 0 heterocycles. The number of ether oxygens (including phenoxy) is 1. The van der Waals surface area contributed by atoms with Crippen LogP contribution in [-0.2, 0) is 11.3 Å². The Morgan fingerprint density at radius 2 is 2.15 bits per heavy atom. The van der Waals surface area contributed by atoms with E-state index in [1.807, 2.05) is 0 Å². The zero-order chi connectivity index (χ0) is 15.1. The van der Waals surface area contributed by atoms with Crippen LogP contribution in [0.2, 0.25) is 0 Å². The summed E-state index contributed by atoms with van der Waals surface area (Å²) in [4.78, 5) is 10.9. The van der Waals surface area contributed by atoms with Gasteiger partial charge < -0.3 is 15.2 Å². The van der Waals surface area contributed by atoms with Gasteiger partial charge in [-0.15, -0.1) is 0 Å². The topological polar surface area (TPSA) is 58.6 Å². The molecular formula is C15H22FNO3. The molecule has 1 atom stereocenters. The van der Waals surface area contributed by atoms with Gasteiger partial charge in [-0.2, -0.15) is 0 Å². The van der Waals surface area contributed by atoms with E-state index < -0.39 is 17.9 Å². The number of rotatable bonds is 8. The van der Waals surface area contributed by atoms with Crippen LogP contribution in [0.25, 0.3) is 0 Å². The van der Waals surface area contributed by atoms with Crippen LogP contribution in [0.3, 0.4) is 0 Å². The molecule has 112 valence electrons. The summed E-state index contributed by atoms with van der Waals surface area (Å²) in [7, 11) is 0. The molecule has 0 bridgehead atoms. The lowest BCUT2D eigenvalue weighted by atomic mass is 10.2. The molecule has 1 aromatic carbocycles. The van der Waals surface area contributed by atoms with Crippen molar-refractivity contribution >= 4 is 5.97 Å². The zero-order valence-electron chi connectivity index (χ0n) is 12.1. The maximum absolute atomic E-state index is 13.9. The number of nitrogens with one attached hydrogen (secondary N) is 1. The van der Waals surface area contributed by atoms with Gasteiger partial charge in [-0.1, -0.05) is 26.8 Å². The van der Waals surface area contributed by atoms with Gasteiger partial charge in [-0.25, -0.2) is 9.18 Å². The molecule has 0 aromatic heterocycles. The average Bonchev–Trinajstić information content (AvgIpc) is 2.37. The van der Waals surface area contributed by atoms with Gasteiger partial charge in [0.2, 0.25) is 0 Å². The molecule has 0 aliphatic heterocycles. The van der Waals surface area contributed by atoms with E-state index >= 15 is 0 Å². The molecule has 2 N–H and O–H groups in total. The van der Waals surface area contributed by atoms with Gasteiger partial charge in [0, 0.05) is 6.54 Å². The van der Waals surface area contributed by atoms with E-state index in [9.17, 15) is 9.18 Å². The van der Waals surface area contributed by atoms with Crippen LogP contribution in [0.4, 0.5) is 4.39 Å². The molecular weight excluding hydrogens is 261 g/mol. The first-order chi connectivity index (χ1) is 9.43. The maximum Gasteiger partial charge on any atom is 0.344 e. The third-order valence-electron chi connectivity index (χ3n) is 2.79.